The van der Waals surface area contributed by atoms with Crippen molar-refractivity contribution in [2.24, 2.45) is 5.73 Å². The fourth-order valence-electron chi connectivity index (χ4n) is 1.11. The van der Waals surface area contributed by atoms with Crippen molar-refractivity contribution < 1.29 is 9.50 Å². The molecule has 0 radical (unpaired) electrons. The minimum Gasteiger partial charge on any atom is -0.508 e. The Kier molecular flexibility index (Phi) is 2.88. The molecular weight excluding hydrogens is 169 g/mol. The number of phenols is 1. The maximum absolute atomic E-state index is 13.4. The van der Waals surface area contributed by atoms with Crippen LogP contribution in [0.2, 0.25) is 0 Å². The molecule has 1 unspecified atom stereocenters. The van der Waals surface area contributed by atoms with E-state index in [1.807, 2.05) is 0 Å². The molecule has 0 saturated carbocycles. The highest BCUT2D eigenvalue weighted by molar-refractivity contribution is 5.26. The zero-order chi connectivity index (χ0) is 9.90. The van der Waals surface area contributed by atoms with Crippen LogP contribution < -0.4 is 5.73 Å². The SMILES string of the molecule is CC(F)(CN)Cc1ccc(O)cc1. The topological polar surface area (TPSA) is 46.2 Å². The van der Waals surface area contributed by atoms with Gasteiger partial charge >= 0.3 is 0 Å². The van der Waals surface area contributed by atoms with Crippen molar-refractivity contribution in [3.63, 3.8) is 0 Å². The Morgan fingerprint density at radius 2 is 1.92 bits per heavy atom. The summed E-state index contributed by atoms with van der Waals surface area (Å²) >= 11 is 0. The van der Waals surface area contributed by atoms with Gasteiger partial charge in [-0.1, -0.05) is 12.1 Å². The summed E-state index contributed by atoms with van der Waals surface area (Å²) in [7, 11) is 0. The molecule has 0 amide bonds. The number of benzene rings is 1. The Hall–Kier alpha value is -1.09. The molecule has 1 aromatic carbocycles. The number of alkyl halides is 1. The first kappa shape index (κ1) is 9.99. The summed E-state index contributed by atoms with van der Waals surface area (Å²) in [6, 6.07) is 6.48. The molecule has 0 saturated heterocycles. The number of rotatable bonds is 3. The van der Waals surface area contributed by atoms with Crippen molar-refractivity contribution in [3.8, 4) is 5.75 Å². The molecule has 0 aliphatic carbocycles. The van der Waals surface area contributed by atoms with E-state index in [-0.39, 0.29) is 18.7 Å². The molecule has 0 aromatic heterocycles. The lowest BCUT2D eigenvalue weighted by molar-refractivity contribution is 0.200. The molecule has 2 nitrogen and oxygen atoms in total. The molecule has 3 heteroatoms. The summed E-state index contributed by atoms with van der Waals surface area (Å²) in [5.41, 5.74) is 4.74. The predicted molar refractivity (Wildman–Crippen MR) is 50.4 cm³/mol. The smallest absolute Gasteiger partial charge is 0.124 e. The zero-order valence-corrected chi connectivity index (χ0v) is 7.63. The summed E-state index contributed by atoms with van der Waals surface area (Å²) in [6.07, 6.45) is 0.282. The molecule has 0 spiro atoms. The van der Waals surface area contributed by atoms with E-state index in [0.717, 1.165) is 5.56 Å². The molecule has 3 N–H and O–H groups in total. The maximum atomic E-state index is 13.4. The Morgan fingerprint density at radius 3 is 2.38 bits per heavy atom. The fourth-order valence-corrected chi connectivity index (χ4v) is 1.11. The van der Waals surface area contributed by atoms with E-state index in [2.05, 4.69) is 0 Å². The summed E-state index contributed by atoms with van der Waals surface area (Å²) in [5, 5.41) is 8.99. The summed E-state index contributed by atoms with van der Waals surface area (Å²) < 4.78 is 13.4. The summed E-state index contributed by atoms with van der Waals surface area (Å²) in [4.78, 5) is 0. The van der Waals surface area contributed by atoms with Crippen LogP contribution in [0.4, 0.5) is 4.39 Å². The van der Waals surface area contributed by atoms with Crippen molar-refractivity contribution in [1.29, 1.82) is 0 Å². The van der Waals surface area contributed by atoms with Gasteiger partial charge in [0.05, 0.1) is 0 Å². The zero-order valence-electron chi connectivity index (χ0n) is 7.63. The molecule has 0 bridgehead atoms. The maximum Gasteiger partial charge on any atom is 0.124 e. The average Bonchev–Trinajstić information content (AvgIpc) is 2.09. The third-order valence-electron chi connectivity index (χ3n) is 1.93. The van der Waals surface area contributed by atoms with E-state index in [1.165, 1.54) is 6.92 Å². The molecule has 72 valence electrons. The van der Waals surface area contributed by atoms with Crippen LogP contribution in [-0.2, 0) is 6.42 Å². The molecule has 1 aromatic rings. The third-order valence-corrected chi connectivity index (χ3v) is 1.93. The van der Waals surface area contributed by atoms with E-state index in [0.29, 0.717) is 0 Å². The normalized spacial score (nSPS) is 15.3. The first-order valence-electron chi connectivity index (χ1n) is 4.20. The van der Waals surface area contributed by atoms with Crippen LogP contribution in [0.3, 0.4) is 0 Å². The molecule has 13 heavy (non-hydrogen) atoms. The highest BCUT2D eigenvalue weighted by Crippen LogP contribution is 2.18. The largest absolute Gasteiger partial charge is 0.508 e. The Bertz CT molecular complexity index is 269. The van der Waals surface area contributed by atoms with Crippen molar-refractivity contribution in [3.05, 3.63) is 29.8 Å². The highest BCUT2D eigenvalue weighted by atomic mass is 19.1. The summed E-state index contributed by atoms with van der Waals surface area (Å²) in [6.45, 7) is 1.48. The molecule has 0 heterocycles. The van der Waals surface area contributed by atoms with Gasteiger partial charge in [0, 0.05) is 13.0 Å². The second kappa shape index (κ2) is 3.75. The number of halogens is 1. The third kappa shape index (κ3) is 3.03. The molecule has 1 rings (SSSR count). The van der Waals surface area contributed by atoms with E-state index in [1.54, 1.807) is 24.3 Å². The van der Waals surface area contributed by atoms with Crippen LogP contribution in [0.15, 0.2) is 24.3 Å². The first-order valence-corrected chi connectivity index (χ1v) is 4.20. The van der Waals surface area contributed by atoms with Crippen LogP contribution in [0.1, 0.15) is 12.5 Å². The number of hydrogen-bond acceptors (Lipinski definition) is 2. The van der Waals surface area contributed by atoms with Gasteiger partial charge in [-0.05, 0) is 24.6 Å². The number of nitrogens with two attached hydrogens (primary N) is 1. The van der Waals surface area contributed by atoms with Crippen molar-refractivity contribution >= 4 is 0 Å². The number of hydrogen-bond donors (Lipinski definition) is 2. The Morgan fingerprint density at radius 1 is 1.38 bits per heavy atom. The van der Waals surface area contributed by atoms with Gasteiger partial charge in [0.15, 0.2) is 0 Å². The lowest BCUT2D eigenvalue weighted by atomic mass is 9.98. The monoisotopic (exact) mass is 183 g/mol. The van der Waals surface area contributed by atoms with Gasteiger partial charge in [-0.3, -0.25) is 0 Å². The average molecular weight is 183 g/mol. The van der Waals surface area contributed by atoms with Crippen LogP contribution in [0, 0.1) is 0 Å². The van der Waals surface area contributed by atoms with E-state index in [4.69, 9.17) is 10.8 Å². The molecule has 1 atom stereocenters. The molecule has 0 aliphatic rings. The van der Waals surface area contributed by atoms with E-state index in [9.17, 15) is 4.39 Å². The van der Waals surface area contributed by atoms with Gasteiger partial charge in [-0.25, -0.2) is 4.39 Å². The number of phenolic OH excluding ortho intramolecular Hbond substituents is 1. The van der Waals surface area contributed by atoms with Gasteiger partial charge in [0.1, 0.15) is 11.4 Å². The molecule has 0 aliphatic heterocycles. The quantitative estimate of drug-likeness (QED) is 0.748. The minimum atomic E-state index is -1.36. The van der Waals surface area contributed by atoms with Crippen molar-refractivity contribution in [1.82, 2.24) is 0 Å². The predicted octanol–water partition coefficient (Wildman–Crippen LogP) is 1.62. The van der Waals surface area contributed by atoms with Crippen molar-refractivity contribution in [2.75, 3.05) is 6.54 Å². The van der Waals surface area contributed by atoms with Gasteiger partial charge in [-0.15, -0.1) is 0 Å². The fraction of sp³-hybridized carbons (Fsp3) is 0.400. The van der Waals surface area contributed by atoms with Crippen molar-refractivity contribution in [2.45, 2.75) is 19.0 Å². The van der Waals surface area contributed by atoms with Gasteiger partial charge in [-0.2, -0.15) is 0 Å². The lowest BCUT2D eigenvalue weighted by Crippen LogP contribution is -2.31. The number of aromatic hydroxyl groups is 1. The standard InChI is InChI=1S/C10H14FNO/c1-10(11,7-12)6-8-2-4-9(13)5-3-8/h2-5,13H,6-7,12H2,1H3. The lowest BCUT2D eigenvalue weighted by Gasteiger charge is -2.17. The highest BCUT2D eigenvalue weighted by Gasteiger charge is 2.20. The van der Waals surface area contributed by atoms with Gasteiger partial charge in [0.2, 0.25) is 0 Å². The molecular formula is C10H14FNO. The second-order valence-corrected chi connectivity index (χ2v) is 3.46. The molecule has 0 fully saturated rings. The van der Waals surface area contributed by atoms with E-state index >= 15 is 0 Å². The van der Waals surface area contributed by atoms with Gasteiger partial charge < -0.3 is 10.8 Å². The Balaban J connectivity index is 2.69. The van der Waals surface area contributed by atoms with Crippen LogP contribution in [0.25, 0.3) is 0 Å². The van der Waals surface area contributed by atoms with Crippen LogP contribution >= 0.6 is 0 Å². The minimum absolute atomic E-state index is 0.00781. The van der Waals surface area contributed by atoms with Gasteiger partial charge in [0.25, 0.3) is 0 Å². The van der Waals surface area contributed by atoms with Crippen LogP contribution in [0.5, 0.6) is 5.75 Å². The van der Waals surface area contributed by atoms with E-state index < -0.39 is 5.67 Å². The first-order chi connectivity index (χ1) is 6.03. The van der Waals surface area contributed by atoms with Crippen LogP contribution in [-0.4, -0.2) is 17.3 Å². The Labute approximate surface area is 77.2 Å². The summed E-state index contributed by atoms with van der Waals surface area (Å²) in [5.74, 6) is 0.192. The second-order valence-electron chi connectivity index (χ2n) is 3.46.